The molecule has 0 aliphatic heterocycles. The molecule has 0 heterocycles. The van der Waals surface area contributed by atoms with Gasteiger partial charge in [-0.25, -0.2) is 0 Å². The van der Waals surface area contributed by atoms with Gasteiger partial charge in [0, 0.05) is 17.5 Å². The molecule has 2 aliphatic rings. The van der Waals surface area contributed by atoms with Crippen molar-refractivity contribution >= 4 is 5.91 Å². The van der Waals surface area contributed by atoms with Crippen molar-refractivity contribution in [2.45, 2.75) is 78.3 Å². The molecule has 1 amide bonds. The monoisotopic (exact) mass is 280 g/mol. The maximum absolute atomic E-state index is 12.6. The highest BCUT2D eigenvalue weighted by Crippen LogP contribution is 2.40. The van der Waals surface area contributed by atoms with Gasteiger partial charge in [0.1, 0.15) is 0 Å². The number of amides is 1. The maximum atomic E-state index is 12.6. The van der Waals surface area contributed by atoms with Crippen LogP contribution in [0.25, 0.3) is 0 Å². The van der Waals surface area contributed by atoms with Crippen molar-refractivity contribution in [1.29, 1.82) is 0 Å². The predicted molar refractivity (Wildman–Crippen MR) is 83.2 cm³/mol. The van der Waals surface area contributed by atoms with Crippen LogP contribution in [-0.2, 0) is 4.79 Å². The molecule has 2 bridgehead atoms. The number of carbonyl (C=O) groups is 1. The SMILES string of the molecule is CC(C)CC(C)(C)C(=O)NC1C2CCCC1CC(N)C2. The molecule has 0 aromatic rings. The molecule has 3 heteroatoms. The second-order valence-corrected chi connectivity index (χ2v) is 8.16. The Bertz CT molecular complexity index is 337. The zero-order chi connectivity index (χ0) is 14.9. The molecule has 3 nitrogen and oxygen atoms in total. The summed E-state index contributed by atoms with van der Waals surface area (Å²) in [6.07, 6.45) is 6.90. The van der Waals surface area contributed by atoms with Gasteiger partial charge in [0.05, 0.1) is 0 Å². The molecule has 2 atom stereocenters. The molecule has 0 aromatic heterocycles. The Morgan fingerprint density at radius 2 is 1.80 bits per heavy atom. The third kappa shape index (κ3) is 3.55. The van der Waals surface area contributed by atoms with Gasteiger partial charge in [-0.15, -0.1) is 0 Å². The largest absolute Gasteiger partial charge is 0.352 e. The quantitative estimate of drug-likeness (QED) is 0.831. The first-order valence-corrected chi connectivity index (χ1v) is 8.36. The Balaban J connectivity index is 2.00. The third-order valence-electron chi connectivity index (χ3n) is 5.21. The van der Waals surface area contributed by atoms with Gasteiger partial charge in [0.25, 0.3) is 0 Å². The second-order valence-electron chi connectivity index (χ2n) is 8.16. The highest BCUT2D eigenvalue weighted by Gasteiger charge is 2.41. The molecule has 116 valence electrons. The van der Waals surface area contributed by atoms with E-state index in [1.54, 1.807) is 0 Å². The van der Waals surface area contributed by atoms with Gasteiger partial charge in [-0.3, -0.25) is 4.79 Å². The van der Waals surface area contributed by atoms with Crippen molar-refractivity contribution in [2.75, 3.05) is 0 Å². The smallest absolute Gasteiger partial charge is 0.225 e. The van der Waals surface area contributed by atoms with Crippen LogP contribution in [0.15, 0.2) is 0 Å². The Hall–Kier alpha value is -0.570. The summed E-state index contributed by atoms with van der Waals surface area (Å²) in [5.74, 6) is 2.01. The van der Waals surface area contributed by atoms with Gasteiger partial charge in [0.15, 0.2) is 0 Å². The van der Waals surface area contributed by atoms with Crippen LogP contribution >= 0.6 is 0 Å². The van der Waals surface area contributed by atoms with E-state index in [1.165, 1.54) is 19.3 Å². The molecule has 20 heavy (non-hydrogen) atoms. The summed E-state index contributed by atoms with van der Waals surface area (Å²) in [6.45, 7) is 8.52. The topological polar surface area (TPSA) is 55.1 Å². The predicted octanol–water partition coefficient (Wildman–Crippen LogP) is 3.08. The molecule has 2 aliphatic carbocycles. The first-order chi connectivity index (χ1) is 9.29. The average molecular weight is 280 g/mol. The summed E-state index contributed by atoms with van der Waals surface area (Å²) in [6, 6.07) is 0.726. The highest BCUT2D eigenvalue weighted by molar-refractivity contribution is 5.82. The fourth-order valence-corrected chi connectivity index (χ4v) is 4.48. The lowest BCUT2D eigenvalue weighted by Crippen LogP contribution is -2.56. The second kappa shape index (κ2) is 6.05. The first-order valence-electron chi connectivity index (χ1n) is 8.36. The van der Waals surface area contributed by atoms with Crippen LogP contribution in [0.2, 0.25) is 0 Å². The standard InChI is InChI=1S/C17H32N2O/c1-11(2)10-17(3,4)16(20)19-15-12-6-5-7-13(15)9-14(18)8-12/h11-15H,5-10,18H2,1-4H3,(H,19,20). The van der Waals surface area contributed by atoms with Gasteiger partial charge in [-0.1, -0.05) is 34.1 Å². The lowest BCUT2D eigenvalue weighted by atomic mass is 9.66. The molecule has 2 unspecified atom stereocenters. The van der Waals surface area contributed by atoms with Gasteiger partial charge < -0.3 is 11.1 Å². The highest BCUT2D eigenvalue weighted by atomic mass is 16.2. The molecular formula is C17H32N2O. The number of fused-ring (bicyclic) bond motifs is 2. The van der Waals surface area contributed by atoms with Crippen LogP contribution in [0.1, 0.15) is 66.2 Å². The van der Waals surface area contributed by atoms with Crippen molar-refractivity contribution in [3.8, 4) is 0 Å². The lowest BCUT2D eigenvalue weighted by molar-refractivity contribution is -0.132. The number of rotatable bonds is 4. The van der Waals surface area contributed by atoms with E-state index in [9.17, 15) is 4.79 Å². The van der Waals surface area contributed by atoms with Crippen molar-refractivity contribution in [3.05, 3.63) is 0 Å². The summed E-state index contributed by atoms with van der Waals surface area (Å²) < 4.78 is 0. The molecule has 2 fully saturated rings. The van der Waals surface area contributed by atoms with E-state index in [-0.39, 0.29) is 11.3 Å². The zero-order valence-electron chi connectivity index (χ0n) is 13.6. The Labute approximate surface area is 124 Å². The Morgan fingerprint density at radius 1 is 1.25 bits per heavy atom. The Kier molecular flexibility index (Phi) is 4.78. The van der Waals surface area contributed by atoms with Gasteiger partial charge in [-0.05, 0) is 49.9 Å². The van der Waals surface area contributed by atoms with Crippen LogP contribution in [-0.4, -0.2) is 18.0 Å². The molecule has 2 saturated carbocycles. The number of nitrogens with two attached hydrogens (primary N) is 1. The minimum Gasteiger partial charge on any atom is -0.352 e. The van der Waals surface area contributed by atoms with Gasteiger partial charge in [-0.2, -0.15) is 0 Å². The van der Waals surface area contributed by atoms with E-state index in [1.807, 2.05) is 0 Å². The first kappa shape index (κ1) is 15.8. The molecule has 0 radical (unpaired) electrons. The van der Waals surface area contributed by atoms with Crippen LogP contribution < -0.4 is 11.1 Å². The fraction of sp³-hybridized carbons (Fsp3) is 0.941. The number of hydrogen-bond donors (Lipinski definition) is 2. The number of hydrogen-bond acceptors (Lipinski definition) is 2. The van der Waals surface area contributed by atoms with Crippen molar-refractivity contribution in [2.24, 2.45) is 28.9 Å². The summed E-state index contributed by atoms with van der Waals surface area (Å²) in [7, 11) is 0. The van der Waals surface area contributed by atoms with Crippen molar-refractivity contribution < 1.29 is 4.79 Å². The normalized spacial score (nSPS) is 34.1. The third-order valence-corrected chi connectivity index (χ3v) is 5.21. The van der Waals surface area contributed by atoms with E-state index in [0.29, 0.717) is 29.8 Å². The summed E-state index contributed by atoms with van der Waals surface area (Å²) in [5, 5.41) is 3.39. The molecule has 0 spiro atoms. The van der Waals surface area contributed by atoms with E-state index < -0.39 is 0 Å². The van der Waals surface area contributed by atoms with Crippen molar-refractivity contribution in [3.63, 3.8) is 0 Å². The molecule has 3 N–H and O–H groups in total. The minimum absolute atomic E-state index is 0.239. The molecule has 0 aromatic carbocycles. The molecule has 2 rings (SSSR count). The lowest BCUT2D eigenvalue weighted by Gasteiger charge is -2.46. The van der Waals surface area contributed by atoms with E-state index >= 15 is 0 Å². The average Bonchev–Trinajstić information content (AvgIpc) is 2.28. The summed E-state index contributed by atoms with van der Waals surface area (Å²) >= 11 is 0. The van der Waals surface area contributed by atoms with Crippen LogP contribution in [0, 0.1) is 23.2 Å². The van der Waals surface area contributed by atoms with E-state index in [0.717, 1.165) is 19.3 Å². The van der Waals surface area contributed by atoms with Crippen LogP contribution in [0.4, 0.5) is 0 Å². The number of nitrogens with one attached hydrogen (secondary N) is 1. The van der Waals surface area contributed by atoms with Crippen LogP contribution in [0.5, 0.6) is 0 Å². The van der Waals surface area contributed by atoms with Crippen LogP contribution in [0.3, 0.4) is 0 Å². The van der Waals surface area contributed by atoms with Gasteiger partial charge in [0.2, 0.25) is 5.91 Å². The number of carbonyl (C=O) groups excluding carboxylic acids is 1. The van der Waals surface area contributed by atoms with E-state index in [4.69, 9.17) is 5.73 Å². The maximum Gasteiger partial charge on any atom is 0.225 e. The molecule has 0 saturated heterocycles. The zero-order valence-corrected chi connectivity index (χ0v) is 13.6. The Morgan fingerprint density at radius 3 is 2.30 bits per heavy atom. The van der Waals surface area contributed by atoms with Gasteiger partial charge >= 0.3 is 0 Å². The van der Waals surface area contributed by atoms with Crippen molar-refractivity contribution in [1.82, 2.24) is 5.32 Å². The molecular weight excluding hydrogens is 248 g/mol. The fourth-order valence-electron chi connectivity index (χ4n) is 4.48. The summed E-state index contributed by atoms with van der Waals surface area (Å²) in [4.78, 5) is 12.6. The summed E-state index contributed by atoms with van der Waals surface area (Å²) in [5.41, 5.74) is 5.90. The van der Waals surface area contributed by atoms with E-state index in [2.05, 4.69) is 33.0 Å². The minimum atomic E-state index is -0.262.